The molecule has 4 amide bonds. The van der Waals surface area contributed by atoms with Gasteiger partial charge in [0.1, 0.15) is 12.1 Å². The van der Waals surface area contributed by atoms with Gasteiger partial charge in [-0.05, 0) is 48.9 Å². The number of imide groups is 1. The summed E-state index contributed by atoms with van der Waals surface area (Å²) in [6.45, 7) is 1.20. The predicted octanol–water partition coefficient (Wildman–Crippen LogP) is 3.40. The highest BCUT2D eigenvalue weighted by molar-refractivity contribution is 6.31. The van der Waals surface area contributed by atoms with Crippen LogP contribution in [0.25, 0.3) is 0 Å². The topological polar surface area (TPSA) is 78.5 Å². The van der Waals surface area contributed by atoms with Crippen molar-refractivity contribution in [3.63, 3.8) is 0 Å². The Hall–Kier alpha value is -2.57. The molecule has 1 heterocycles. The fraction of sp³-hybridized carbons (Fsp3) is 0.167. The van der Waals surface area contributed by atoms with Gasteiger partial charge in [-0.15, -0.1) is 0 Å². The zero-order valence-corrected chi connectivity index (χ0v) is 15.3. The molecule has 0 spiro atoms. The third kappa shape index (κ3) is 3.52. The molecule has 134 valence electrons. The van der Waals surface area contributed by atoms with Crippen LogP contribution >= 0.6 is 23.2 Å². The number of benzene rings is 2. The van der Waals surface area contributed by atoms with Crippen LogP contribution in [0, 0.1) is 0 Å². The van der Waals surface area contributed by atoms with Crippen LogP contribution in [-0.2, 0) is 15.1 Å². The first-order chi connectivity index (χ1) is 12.3. The molecule has 1 aliphatic rings. The van der Waals surface area contributed by atoms with Crippen molar-refractivity contribution in [3.05, 3.63) is 64.1 Å². The smallest absolute Gasteiger partial charge is 0.325 e. The first-order valence-electron chi connectivity index (χ1n) is 7.75. The molecule has 6 nitrogen and oxygen atoms in total. The predicted molar refractivity (Wildman–Crippen MR) is 99.1 cm³/mol. The second-order valence-corrected chi connectivity index (χ2v) is 6.88. The number of nitrogens with zero attached hydrogens (tertiary/aromatic N) is 1. The van der Waals surface area contributed by atoms with Gasteiger partial charge >= 0.3 is 6.03 Å². The first-order valence-corrected chi connectivity index (χ1v) is 8.51. The summed E-state index contributed by atoms with van der Waals surface area (Å²) in [5, 5.41) is 6.32. The number of rotatable bonds is 4. The SMILES string of the molecule is CC1(c2ccc(Cl)cc2)NC(=O)N(CC(=O)Nc2ccc(Cl)cc2)C1=O. The van der Waals surface area contributed by atoms with E-state index in [0.717, 1.165) is 4.90 Å². The van der Waals surface area contributed by atoms with Crippen LogP contribution < -0.4 is 10.6 Å². The summed E-state index contributed by atoms with van der Waals surface area (Å²) < 4.78 is 0. The average Bonchev–Trinajstić information content (AvgIpc) is 2.82. The number of carbonyl (C=O) groups is 3. The maximum absolute atomic E-state index is 12.8. The zero-order valence-electron chi connectivity index (χ0n) is 13.8. The van der Waals surface area contributed by atoms with Crippen molar-refractivity contribution in [1.82, 2.24) is 10.2 Å². The van der Waals surface area contributed by atoms with Gasteiger partial charge in [0, 0.05) is 15.7 Å². The molecule has 0 radical (unpaired) electrons. The minimum atomic E-state index is -1.25. The summed E-state index contributed by atoms with van der Waals surface area (Å²) in [6, 6.07) is 12.5. The van der Waals surface area contributed by atoms with Crippen molar-refractivity contribution >= 4 is 46.7 Å². The molecule has 1 aliphatic heterocycles. The summed E-state index contributed by atoms with van der Waals surface area (Å²) in [4.78, 5) is 38.1. The molecule has 0 aliphatic carbocycles. The Labute approximate surface area is 160 Å². The number of nitrogens with one attached hydrogen (secondary N) is 2. The lowest BCUT2D eigenvalue weighted by molar-refractivity contribution is -0.133. The lowest BCUT2D eigenvalue weighted by Crippen LogP contribution is -2.42. The number of amides is 4. The van der Waals surface area contributed by atoms with Crippen molar-refractivity contribution in [3.8, 4) is 0 Å². The Bertz CT molecular complexity index is 868. The van der Waals surface area contributed by atoms with Crippen molar-refractivity contribution in [2.75, 3.05) is 11.9 Å². The Morgan fingerprint density at radius 1 is 1.04 bits per heavy atom. The van der Waals surface area contributed by atoms with Gasteiger partial charge in [-0.3, -0.25) is 14.5 Å². The molecular formula is C18H15Cl2N3O3. The van der Waals surface area contributed by atoms with Gasteiger partial charge in [0.2, 0.25) is 5.91 Å². The van der Waals surface area contributed by atoms with E-state index in [4.69, 9.17) is 23.2 Å². The third-order valence-corrected chi connectivity index (χ3v) is 4.63. The van der Waals surface area contributed by atoms with Crippen molar-refractivity contribution < 1.29 is 14.4 Å². The molecule has 0 aromatic heterocycles. The highest BCUT2D eigenvalue weighted by Gasteiger charge is 2.49. The van der Waals surface area contributed by atoms with Crippen LogP contribution in [0.15, 0.2) is 48.5 Å². The van der Waals surface area contributed by atoms with E-state index in [0.29, 0.717) is 21.3 Å². The fourth-order valence-corrected chi connectivity index (χ4v) is 2.95. The summed E-state index contributed by atoms with van der Waals surface area (Å²) in [6.07, 6.45) is 0. The molecule has 2 aromatic rings. The van der Waals surface area contributed by atoms with E-state index in [-0.39, 0.29) is 0 Å². The maximum atomic E-state index is 12.8. The van der Waals surface area contributed by atoms with Gasteiger partial charge in [0.15, 0.2) is 0 Å². The van der Waals surface area contributed by atoms with E-state index in [1.165, 1.54) is 0 Å². The summed E-state index contributed by atoms with van der Waals surface area (Å²) in [5.74, 6) is -0.993. The van der Waals surface area contributed by atoms with Crippen LogP contribution in [-0.4, -0.2) is 29.3 Å². The zero-order chi connectivity index (χ0) is 18.9. The standard InChI is InChI=1S/C18H15Cl2N3O3/c1-18(11-2-4-12(19)5-3-11)16(25)23(17(26)22-18)10-15(24)21-14-8-6-13(20)7-9-14/h2-9H,10H2,1H3,(H,21,24)(H,22,26). The molecule has 1 fully saturated rings. The molecule has 1 unspecified atom stereocenters. The van der Waals surface area contributed by atoms with Gasteiger partial charge in [-0.2, -0.15) is 0 Å². The van der Waals surface area contributed by atoms with Crippen molar-refractivity contribution in [1.29, 1.82) is 0 Å². The minimum Gasteiger partial charge on any atom is -0.325 e. The fourth-order valence-electron chi connectivity index (χ4n) is 2.70. The molecular weight excluding hydrogens is 377 g/mol. The summed E-state index contributed by atoms with van der Waals surface area (Å²) in [5.41, 5.74) is -0.143. The Balaban J connectivity index is 1.73. The lowest BCUT2D eigenvalue weighted by atomic mass is 9.92. The normalized spacial score (nSPS) is 19.4. The van der Waals surface area contributed by atoms with E-state index in [1.807, 2.05) is 0 Å². The Morgan fingerprint density at radius 3 is 2.15 bits per heavy atom. The van der Waals surface area contributed by atoms with Gasteiger partial charge in [0.05, 0.1) is 0 Å². The second-order valence-electron chi connectivity index (χ2n) is 6.01. The maximum Gasteiger partial charge on any atom is 0.325 e. The van der Waals surface area contributed by atoms with E-state index >= 15 is 0 Å². The third-order valence-electron chi connectivity index (χ3n) is 4.13. The van der Waals surface area contributed by atoms with E-state index in [2.05, 4.69) is 10.6 Å². The highest BCUT2D eigenvalue weighted by Crippen LogP contribution is 2.29. The molecule has 3 rings (SSSR count). The molecule has 2 N–H and O–H groups in total. The molecule has 26 heavy (non-hydrogen) atoms. The van der Waals surface area contributed by atoms with E-state index in [9.17, 15) is 14.4 Å². The molecule has 0 saturated carbocycles. The van der Waals surface area contributed by atoms with Crippen molar-refractivity contribution in [2.45, 2.75) is 12.5 Å². The van der Waals surface area contributed by atoms with Gasteiger partial charge in [-0.25, -0.2) is 4.79 Å². The average molecular weight is 392 g/mol. The lowest BCUT2D eigenvalue weighted by Gasteiger charge is -2.22. The van der Waals surface area contributed by atoms with Gasteiger partial charge in [-0.1, -0.05) is 35.3 Å². The molecule has 8 heteroatoms. The van der Waals surface area contributed by atoms with E-state index in [1.54, 1.807) is 55.5 Å². The summed E-state index contributed by atoms with van der Waals surface area (Å²) in [7, 11) is 0. The number of hydrogen-bond acceptors (Lipinski definition) is 3. The summed E-state index contributed by atoms with van der Waals surface area (Å²) >= 11 is 11.7. The number of anilines is 1. The van der Waals surface area contributed by atoms with Crippen LogP contribution in [0.3, 0.4) is 0 Å². The van der Waals surface area contributed by atoms with Crippen molar-refractivity contribution in [2.24, 2.45) is 0 Å². The monoisotopic (exact) mass is 391 g/mol. The number of carbonyl (C=O) groups excluding carboxylic acids is 3. The number of halogens is 2. The molecule has 0 bridgehead atoms. The van der Waals surface area contributed by atoms with Gasteiger partial charge in [0.25, 0.3) is 5.91 Å². The van der Waals surface area contributed by atoms with Crippen LogP contribution in [0.1, 0.15) is 12.5 Å². The molecule has 1 atom stereocenters. The van der Waals surface area contributed by atoms with E-state index < -0.39 is 29.9 Å². The number of urea groups is 1. The van der Waals surface area contributed by atoms with Crippen LogP contribution in [0.5, 0.6) is 0 Å². The minimum absolute atomic E-state index is 0.392. The molecule has 1 saturated heterocycles. The molecule has 2 aromatic carbocycles. The van der Waals surface area contributed by atoms with Crippen LogP contribution in [0.4, 0.5) is 10.5 Å². The largest absolute Gasteiger partial charge is 0.325 e. The first kappa shape index (κ1) is 18.2. The van der Waals surface area contributed by atoms with Crippen LogP contribution in [0.2, 0.25) is 10.0 Å². The number of hydrogen-bond donors (Lipinski definition) is 2. The second kappa shape index (κ2) is 6.97. The Morgan fingerprint density at radius 2 is 1.58 bits per heavy atom. The quantitative estimate of drug-likeness (QED) is 0.783. The van der Waals surface area contributed by atoms with Gasteiger partial charge < -0.3 is 10.6 Å². The highest BCUT2D eigenvalue weighted by atomic mass is 35.5. The Kier molecular flexibility index (Phi) is 4.89.